The molecule has 0 amide bonds. The second-order valence-corrected chi connectivity index (χ2v) is 27.3. The highest BCUT2D eigenvalue weighted by Gasteiger charge is 2.39. The van der Waals surface area contributed by atoms with Crippen LogP contribution >= 0.6 is 0 Å². The SMILES string of the molecule is CC[Si](CCCOCC(O)CN(CCN(CCC[Si](OC)(OC)OC)CC(O)COCCC[Si](OC)(OC)OC)CC(O)COCCC[Si](OC)(OC)OC)(OC)OC. The molecule has 0 rings (SSSR count). The minimum Gasteiger partial charge on any atom is -0.398 e. The van der Waals surface area contributed by atoms with E-state index in [4.69, 9.17) is 62.9 Å². The average molecular weight is 929 g/mol. The molecule has 0 aliphatic carbocycles. The van der Waals surface area contributed by atoms with Crippen molar-refractivity contribution < 1.29 is 78.2 Å². The van der Waals surface area contributed by atoms with Crippen LogP contribution in [0.25, 0.3) is 0 Å². The molecule has 0 aliphatic rings. The van der Waals surface area contributed by atoms with Crippen molar-refractivity contribution in [3.63, 3.8) is 0 Å². The second-order valence-electron chi connectivity index (χ2n) is 14.2. The number of nitrogens with zero attached hydrogens (tertiary/aromatic N) is 2. The van der Waals surface area contributed by atoms with Crippen molar-refractivity contribution in [2.45, 2.75) is 81.1 Å². The molecule has 0 spiro atoms. The Hall–Kier alpha value is 0.108. The maximum atomic E-state index is 11.1. The first kappa shape index (κ1) is 59.1. The Labute approximate surface area is 360 Å². The van der Waals surface area contributed by atoms with Gasteiger partial charge in [-0.2, -0.15) is 0 Å². The number of ether oxygens (including phenoxy) is 3. The van der Waals surface area contributed by atoms with E-state index in [1.807, 2.05) is 4.90 Å². The van der Waals surface area contributed by atoms with Crippen molar-refractivity contribution in [3.8, 4) is 0 Å². The Bertz CT molecular complexity index is 905. The quantitative estimate of drug-likeness (QED) is 0.0590. The van der Waals surface area contributed by atoms with Gasteiger partial charge in [0.15, 0.2) is 0 Å². The van der Waals surface area contributed by atoms with E-state index in [9.17, 15) is 15.3 Å². The summed E-state index contributed by atoms with van der Waals surface area (Å²) in [7, 11) is 7.14. The van der Waals surface area contributed by atoms with Crippen molar-refractivity contribution in [1.29, 1.82) is 0 Å². The molecule has 3 unspecified atom stereocenters. The number of aliphatic hydroxyl groups excluding tert-OH is 3. The minimum absolute atomic E-state index is 0.104. The Kier molecular flexibility index (Phi) is 34.6. The van der Waals surface area contributed by atoms with Crippen LogP contribution in [-0.4, -0.2) is 236 Å². The van der Waals surface area contributed by atoms with E-state index in [0.29, 0.717) is 83.4 Å². The molecule has 0 aliphatic heterocycles. The fourth-order valence-corrected chi connectivity index (χ4v) is 14.0. The molecule has 0 fully saturated rings. The zero-order valence-electron chi connectivity index (χ0n) is 38.5. The Balaban J connectivity index is 5.68. The van der Waals surface area contributed by atoms with Gasteiger partial charge in [-0.05, 0) is 44.3 Å². The summed E-state index contributed by atoms with van der Waals surface area (Å²) in [4.78, 5) is 4.14. The van der Waals surface area contributed by atoms with Gasteiger partial charge in [-0.1, -0.05) is 6.92 Å². The van der Waals surface area contributed by atoms with E-state index in [0.717, 1.165) is 18.5 Å². The summed E-state index contributed by atoms with van der Waals surface area (Å²) in [6.45, 7) is 6.17. The van der Waals surface area contributed by atoms with Crippen LogP contribution in [0.4, 0.5) is 0 Å². The predicted molar refractivity (Wildman–Crippen MR) is 232 cm³/mol. The molecule has 0 aromatic rings. The summed E-state index contributed by atoms with van der Waals surface area (Å²) in [6.07, 6.45) is 0.333. The molecule has 3 N–H and O–H groups in total. The van der Waals surface area contributed by atoms with Gasteiger partial charge >= 0.3 is 35.0 Å². The third kappa shape index (κ3) is 24.1. The molecule has 356 valence electrons. The molecule has 0 radical (unpaired) electrons. The van der Waals surface area contributed by atoms with Gasteiger partial charge < -0.3 is 78.2 Å². The third-order valence-electron chi connectivity index (χ3n) is 10.5. The van der Waals surface area contributed by atoms with Gasteiger partial charge in [0.05, 0.1) is 38.1 Å². The van der Waals surface area contributed by atoms with Gasteiger partial charge in [0, 0.05) is 149 Å². The lowest BCUT2D eigenvalue weighted by atomic mass is 10.2. The smallest absolute Gasteiger partial charge is 0.398 e. The van der Waals surface area contributed by atoms with Crippen LogP contribution in [0.15, 0.2) is 0 Å². The number of hydrogen-bond acceptors (Lipinski definition) is 19. The second kappa shape index (κ2) is 34.5. The summed E-state index contributed by atoms with van der Waals surface area (Å²) >= 11 is 0. The Morgan fingerprint density at radius 3 is 1.02 bits per heavy atom. The Morgan fingerprint density at radius 1 is 0.390 bits per heavy atom. The standard InChI is InChI=1S/C36H84N2O17Si4/c1-13-56(42-2,43-3)24-15-21-53-32-35(40)29-38(30-36(41)33-55-23-17-27-59(50-10,51-11)52-12)20-19-37(18-14-25-57(44-4,45-5)46-6)28-34(39)31-54-22-16-26-58(47-7,48-8)49-9/h34-36,39-41H,13-33H2,1-12H3. The number of hydrogen-bond donors (Lipinski definition) is 3. The van der Waals surface area contributed by atoms with E-state index >= 15 is 0 Å². The van der Waals surface area contributed by atoms with Crippen molar-refractivity contribution in [3.05, 3.63) is 0 Å². The first-order chi connectivity index (χ1) is 28.3. The summed E-state index contributed by atoms with van der Waals surface area (Å²) in [5, 5.41) is 33.3. The lowest BCUT2D eigenvalue weighted by Crippen LogP contribution is -2.47. The van der Waals surface area contributed by atoms with Gasteiger partial charge in [-0.25, -0.2) is 0 Å². The summed E-state index contributed by atoms with van der Waals surface area (Å²) in [5.74, 6) is 0. The van der Waals surface area contributed by atoms with E-state index in [1.54, 1.807) is 78.2 Å². The van der Waals surface area contributed by atoms with Gasteiger partial charge in [-0.15, -0.1) is 0 Å². The van der Waals surface area contributed by atoms with E-state index in [-0.39, 0.29) is 32.9 Å². The van der Waals surface area contributed by atoms with Gasteiger partial charge in [0.1, 0.15) is 0 Å². The van der Waals surface area contributed by atoms with Crippen molar-refractivity contribution in [2.24, 2.45) is 0 Å². The highest BCUT2D eigenvalue weighted by atomic mass is 28.4. The summed E-state index contributed by atoms with van der Waals surface area (Å²) < 4.78 is 78.8. The summed E-state index contributed by atoms with van der Waals surface area (Å²) in [5.41, 5.74) is 0. The van der Waals surface area contributed by atoms with Crippen molar-refractivity contribution in [2.75, 3.05) is 157 Å². The van der Waals surface area contributed by atoms with E-state index in [2.05, 4.69) is 11.8 Å². The molecule has 0 saturated carbocycles. The normalized spacial score (nSPS) is 14.8. The number of aliphatic hydroxyl groups is 3. The summed E-state index contributed by atoms with van der Waals surface area (Å²) in [6, 6.07) is 3.39. The molecular formula is C36H84N2O17Si4. The van der Waals surface area contributed by atoms with Crippen LogP contribution in [0.5, 0.6) is 0 Å². The first-order valence-electron chi connectivity index (χ1n) is 20.6. The molecule has 0 bridgehead atoms. The lowest BCUT2D eigenvalue weighted by Gasteiger charge is -2.32. The fourth-order valence-electron chi connectivity index (χ4n) is 6.71. The van der Waals surface area contributed by atoms with Crippen LogP contribution in [0, 0.1) is 0 Å². The Morgan fingerprint density at radius 2 is 0.695 bits per heavy atom. The molecular weight excluding hydrogens is 845 g/mol. The van der Waals surface area contributed by atoms with Crippen LogP contribution in [0.2, 0.25) is 30.2 Å². The molecule has 0 heterocycles. The molecule has 0 aromatic carbocycles. The monoisotopic (exact) mass is 928 g/mol. The highest BCUT2D eigenvalue weighted by Crippen LogP contribution is 2.20. The third-order valence-corrected chi connectivity index (χ3v) is 22.7. The van der Waals surface area contributed by atoms with E-state index in [1.165, 1.54) is 0 Å². The zero-order valence-corrected chi connectivity index (χ0v) is 42.5. The molecule has 59 heavy (non-hydrogen) atoms. The maximum absolute atomic E-state index is 11.1. The lowest BCUT2D eigenvalue weighted by molar-refractivity contribution is -0.0153. The number of rotatable bonds is 43. The highest BCUT2D eigenvalue weighted by molar-refractivity contribution is 6.67. The molecule has 0 saturated heterocycles. The zero-order chi connectivity index (χ0) is 44.6. The average Bonchev–Trinajstić information content (AvgIpc) is 3.26. The predicted octanol–water partition coefficient (Wildman–Crippen LogP) is 1.67. The van der Waals surface area contributed by atoms with Gasteiger partial charge in [0.25, 0.3) is 0 Å². The maximum Gasteiger partial charge on any atom is 0.500 e. The van der Waals surface area contributed by atoms with Crippen LogP contribution in [0.1, 0.15) is 32.6 Å². The molecule has 3 atom stereocenters. The fraction of sp³-hybridized carbons (Fsp3) is 1.00. The van der Waals surface area contributed by atoms with Crippen LogP contribution < -0.4 is 0 Å². The van der Waals surface area contributed by atoms with Gasteiger partial charge in [-0.3, -0.25) is 9.80 Å². The topological polar surface area (TPSA) is 196 Å². The molecule has 23 heteroatoms. The van der Waals surface area contributed by atoms with Crippen LogP contribution in [0.3, 0.4) is 0 Å². The van der Waals surface area contributed by atoms with Gasteiger partial charge in [0.2, 0.25) is 0 Å². The van der Waals surface area contributed by atoms with Crippen molar-refractivity contribution >= 4 is 35.0 Å². The molecule has 0 aromatic heterocycles. The van der Waals surface area contributed by atoms with E-state index < -0.39 is 53.3 Å². The minimum atomic E-state index is -2.82. The molecule has 19 nitrogen and oxygen atoms in total. The van der Waals surface area contributed by atoms with Crippen molar-refractivity contribution in [1.82, 2.24) is 9.80 Å². The van der Waals surface area contributed by atoms with Crippen LogP contribution in [-0.2, 0) is 62.9 Å². The first-order valence-corrected chi connectivity index (χ1v) is 28.6. The largest absolute Gasteiger partial charge is 0.500 e.